The summed E-state index contributed by atoms with van der Waals surface area (Å²) >= 11 is 0. The zero-order valence-electron chi connectivity index (χ0n) is 16.3. The molecule has 0 saturated carbocycles. The van der Waals surface area contributed by atoms with E-state index in [9.17, 15) is 4.79 Å². The second-order valence-corrected chi connectivity index (χ2v) is 7.19. The van der Waals surface area contributed by atoms with Crippen LogP contribution in [0, 0.1) is 11.3 Å². The molecule has 0 aliphatic rings. The number of aromatic nitrogens is 1. The van der Waals surface area contributed by atoms with Gasteiger partial charge in [-0.05, 0) is 42.5 Å². The minimum absolute atomic E-state index is 0.371. The number of amides is 1. The standard InChI is InChI=1S/C23H26N4O/c1-3-15(2)9-10-16-11-12-20-18(13-16)19(22(28)27-23(24)25)14-21(26-20)17-7-5-4-6-8-17/h4-8,11-15H,3,9-10H2,1-2H3,(H4,24,25,27,28). The van der Waals surface area contributed by atoms with Gasteiger partial charge in [-0.15, -0.1) is 0 Å². The molecular weight excluding hydrogens is 348 g/mol. The van der Waals surface area contributed by atoms with Gasteiger partial charge in [-0.1, -0.05) is 56.7 Å². The molecule has 28 heavy (non-hydrogen) atoms. The number of nitrogens with zero attached hydrogens (tertiary/aromatic N) is 1. The van der Waals surface area contributed by atoms with Crippen molar-refractivity contribution >= 4 is 22.8 Å². The molecular formula is C23H26N4O. The molecule has 0 aliphatic carbocycles. The molecule has 3 aromatic rings. The fourth-order valence-corrected chi connectivity index (χ4v) is 3.18. The highest BCUT2D eigenvalue weighted by atomic mass is 16.1. The number of hydrogen-bond donors (Lipinski definition) is 3. The number of carbonyl (C=O) groups excluding carboxylic acids is 1. The Kier molecular flexibility index (Phi) is 6.04. The lowest BCUT2D eigenvalue weighted by atomic mass is 9.96. The van der Waals surface area contributed by atoms with Crippen LogP contribution in [0.1, 0.15) is 42.6 Å². The van der Waals surface area contributed by atoms with Crippen molar-refractivity contribution in [2.24, 2.45) is 11.7 Å². The summed E-state index contributed by atoms with van der Waals surface area (Å²) in [6, 6.07) is 17.6. The van der Waals surface area contributed by atoms with Crippen LogP contribution >= 0.6 is 0 Å². The van der Waals surface area contributed by atoms with E-state index in [4.69, 9.17) is 16.1 Å². The number of nitrogens with two attached hydrogens (primary N) is 1. The Bertz CT molecular complexity index is 998. The van der Waals surface area contributed by atoms with Gasteiger partial charge in [-0.2, -0.15) is 0 Å². The van der Waals surface area contributed by atoms with Crippen LogP contribution < -0.4 is 11.1 Å². The van der Waals surface area contributed by atoms with Crippen LogP contribution in [0.3, 0.4) is 0 Å². The molecule has 4 N–H and O–H groups in total. The first-order chi connectivity index (χ1) is 13.5. The Hall–Kier alpha value is -3.21. The zero-order valence-corrected chi connectivity index (χ0v) is 16.3. The molecule has 1 unspecified atom stereocenters. The second-order valence-electron chi connectivity index (χ2n) is 7.19. The Morgan fingerprint density at radius 1 is 1.18 bits per heavy atom. The van der Waals surface area contributed by atoms with Crippen molar-refractivity contribution in [1.82, 2.24) is 10.3 Å². The predicted octanol–water partition coefficient (Wildman–Crippen LogP) is 4.50. The maximum absolute atomic E-state index is 12.7. The maximum Gasteiger partial charge on any atom is 0.258 e. The molecule has 1 heterocycles. The monoisotopic (exact) mass is 374 g/mol. The first-order valence-electron chi connectivity index (χ1n) is 9.62. The van der Waals surface area contributed by atoms with Crippen molar-refractivity contribution in [3.8, 4) is 11.3 Å². The first-order valence-corrected chi connectivity index (χ1v) is 9.62. The topological polar surface area (TPSA) is 91.9 Å². The van der Waals surface area contributed by atoms with Gasteiger partial charge in [0.1, 0.15) is 0 Å². The van der Waals surface area contributed by atoms with Crippen molar-refractivity contribution in [2.45, 2.75) is 33.1 Å². The molecule has 0 bridgehead atoms. The summed E-state index contributed by atoms with van der Waals surface area (Å²) < 4.78 is 0. The highest BCUT2D eigenvalue weighted by Crippen LogP contribution is 2.26. The Morgan fingerprint density at radius 2 is 1.93 bits per heavy atom. The van der Waals surface area contributed by atoms with Crippen LogP contribution in [0.2, 0.25) is 0 Å². The summed E-state index contributed by atoms with van der Waals surface area (Å²) in [5, 5.41) is 10.6. The Morgan fingerprint density at radius 3 is 2.61 bits per heavy atom. The van der Waals surface area contributed by atoms with Gasteiger partial charge in [-0.3, -0.25) is 15.5 Å². The highest BCUT2D eigenvalue weighted by molar-refractivity contribution is 6.12. The van der Waals surface area contributed by atoms with Crippen molar-refractivity contribution in [3.05, 3.63) is 65.7 Å². The number of carbonyl (C=O) groups is 1. The van der Waals surface area contributed by atoms with Gasteiger partial charge in [0.25, 0.3) is 5.91 Å². The lowest BCUT2D eigenvalue weighted by Crippen LogP contribution is -2.35. The molecule has 5 heteroatoms. The number of aryl methyl sites for hydroxylation is 1. The van der Waals surface area contributed by atoms with Gasteiger partial charge in [0.15, 0.2) is 5.96 Å². The smallest absolute Gasteiger partial charge is 0.258 e. The molecule has 144 valence electrons. The predicted molar refractivity (Wildman–Crippen MR) is 114 cm³/mol. The van der Waals surface area contributed by atoms with E-state index in [0.29, 0.717) is 17.2 Å². The van der Waals surface area contributed by atoms with Crippen molar-refractivity contribution in [1.29, 1.82) is 5.41 Å². The van der Waals surface area contributed by atoms with E-state index in [-0.39, 0.29) is 5.96 Å². The molecule has 0 fully saturated rings. The van der Waals surface area contributed by atoms with Gasteiger partial charge in [0.05, 0.1) is 16.8 Å². The number of guanidine groups is 1. The van der Waals surface area contributed by atoms with Crippen LogP contribution in [0.5, 0.6) is 0 Å². The Labute approximate surface area is 165 Å². The van der Waals surface area contributed by atoms with Crippen molar-refractivity contribution in [2.75, 3.05) is 0 Å². The summed E-state index contributed by atoms with van der Waals surface area (Å²) in [5.74, 6) is -0.102. The zero-order chi connectivity index (χ0) is 20.1. The number of rotatable bonds is 6. The third kappa shape index (κ3) is 4.55. The van der Waals surface area contributed by atoms with Crippen LogP contribution in [-0.4, -0.2) is 16.9 Å². The summed E-state index contributed by atoms with van der Waals surface area (Å²) in [5.41, 5.74) is 9.44. The third-order valence-corrected chi connectivity index (χ3v) is 5.06. The number of fused-ring (bicyclic) bond motifs is 1. The van der Waals surface area contributed by atoms with Crippen LogP contribution in [0.25, 0.3) is 22.2 Å². The van der Waals surface area contributed by atoms with Gasteiger partial charge in [-0.25, -0.2) is 4.98 Å². The van der Waals surface area contributed by atoms with Crippen molar-refractivity contribution < 1.29 is 4.79 Å². The van der Waals surface area contributed by atoms with Crippen molar-refractivity contribution in [3.63, 3.8) is 0 Å². The summed E-state index contributed by atoms with van der Waals surface area (Å²) in [6.45, 7) is 4.45. The van der Waals surface area contributed by atoms with Crippen LogP contribution in [-0.2, 0) is 6.42 Å². The number of nitrogens with one attached hydrogen (secondary N) is 2. The quantitative estimate of drug-likeness (QED) is 0.438. The summed E-state index contributed by atoms with van der Waals surface area (Å²) in [7, 11) is 0. The second kappa shape index (κ2) is 8.65. The summed E-state index contributed by atoms with van der Waals surface area (Å²) in [6.07, 6.45) is 3.22. The highest BCUT2D eigenvalue weighted by Gasteiger charge is 2.15. The fourth-order valence-electron chi connectivity index (χ4n) is 3.18. The number of benzene rings is 2. The van der Waals surface area contributed by atoms with Gasteiger partial charge < -0.3 is 5.73 Å². The lowest BCUT2D eigenvalue weighted by Gasteiger charge is -2.12. The molecule has 2 aromatic carbocycles. The molecule has 1 aromatic heterocycles. The molecule has 0 radical (unpaired) electrons. The molecule has 1 atom stereocenters. The number of hydrogen-bond acceptors (Lipinski definition) is 3. The van der Waals surface area contributed by atoms with E-state index in [1.165, 1.54) is 5.56 Å². The largest absolute Gasteiger partial charge is 0.370 e. The summed E-state index contributed by atoms with van der Waals surface area (Å²) in [4.78, 5) is 17.5. The molecule has 0 aliphatic heterocycles. The van der Waals surface area contributed by atoms with Gasteiger partial charge in [0.2, 0.25) is 0 Å². The van der Waals surface area contributed by atoms with E-state index in [1.54, 1.807) is 6.07 Å². The minimum Gasteiger partial charge on any atom is -0.370 e. The molecule has 5 nitrogen and oxygen atoms in total. The van der Waals surface area contributed by atoms with E-state index in [1.807, 2.05) is 42.5 Å². The van der Waals surface area contributed by atoms with E-state index >= 15 is 0 Å². The normalized spacial score (nSPS) is 11.9. The van der Waals surface area contributed by atoms with E-state index in [0.717, 1.165) is 35.7 Å². The first kappa shape index (κ1) is 19.5. The van der Waals surface area contributed by atoms with E-state index < -0.39 is 5.91 Å². The Balaban J connectivity index is 2.08. The van der Waals surface area contributed by atoms with Gasteiger partial charge >= 0.3 is 0 Å². The fraction of sp³-hybridized carbons (Fsp3) is 0.261. The van der Waals surface area contributed by atoms with Crippen LogP contribution in [0.15, 0.2) is 54.6 Å². The molecule has 0 spiro atoms. The maximum atomic E-state index is 12.7. The lowest BCUT2D eigenvalue weighted by molar-refractivity contribution is 0.0978. The molecule has 3 rings (SSSR count). The van der Waals surface area contributed by atoms with Crippen LogP contribution in [0.4, 0.5) is 0 Å². The SMILES string of the molecule is CCC(C)CCc1ccc2nc(-c3ccccc3)cc(C(=O)NC(=N)N)c2c1. The molecule has 1 amide bonds. The van der Waals surface area contributed by atoms with Gasteiger partial charge in [0, 0.05) is 10.9 Å². The average molecular weight is 374 g/mol. The average Bonchev–Trinajstić information content (AvgIpc) is 2.71. The molecule has 0 saturated heterocycles. The third-order valence-electron chi connectivity index (χ3n) is 5.06. The minimum atomic E-state index is -0.392. The number of pyridine rings is 1. The van der Waals surface area contributed by atoms with E-state index in [2.05, 4.69) is 25.2 Å².